The van der Waals surface area contributed by atoms with Crippen LogP contribution in [-0.2, 0) is 0 Å². The molecular weight excluding hydrogens is 276 g/mol. The maximum Gasteiger partial charge on any atom is 0.140 e. The van der Waals surface area contributed by atoms with Crippen molar-refractivity contribution in [2.45, 2.75) is 33.2 Å². The molecule has 1 unspecified atom stereocenters. The summed E-state index contributed by atoms with van der Waals surface area (Å²) in [4.78, 5) is 0. The Morgan fingerprint density at radius 1 is 0.909 bits per heavy atom. The smallest absolute Gasteiger partial charge is 0.140 e. The van der Waals surface area contributed by atoms with Gasteiger partial charge in [0.05, 0.1) is 5.69 Å². The highest BCUT2D eigenvalue weighted by molar-refractivity contribution is 5.68. The molecule has 2 rings (SSSR count). The highest BCUT2D eigenvalue weighted by atomic mass is 16.3. The zero-order valence-electron chi connectivity index (χ0n) is 13.3. The molecule has 4 nitrogen and oxygen atoms in total. The van der Waals surface area contributed by atoms with Crippen LogP contribution in [0.25, 0.3) is 0 Å². The minimum Gasteiger partial charge on any atom is -0.508 e. The third-order valence-electron chi connectivity index (χ3n) is 3.38. The largest absolute Gasteiger partial charge is 0.508 e. The first kappa shape index (κ1) is 16.0. The first-order valence-corrected chi connectivity index (χ1v) is 7.59. The number of hydrogen-bond donors (Lipinski definition) is 4. The number of benzene rings is 2. The highest BCUT2D eigenvalue weighted by Crippen LogP contribution is 2.30. The van der Waals surface area contributed by atoms with E-state index in [1.165, 1.54) is 0 Å². The van der Waals surface area contributed by atoms with Crippen molar-refractivity contribution in [2.24, 2.45) is 5.92 Å². The molecule has 0 saturated carbocycles. The van der Waals surface area contributed by atoms with Crippen molar-refractivity contribution in [3.8, 4) is 11.5 Å². The minimum absolute atomic E-state index is 0.222. The molecule has 0 saturated heterocycles. The Balaban J connectivity index is 2.04. The Kier molecular flexibility index (Phi) is 5.15. The third kappa shape index (κ3) is 4.58. The summed E-state index contributed by atoms with van der Waals surface area (Å²) < 4.78 is 0. The summed E-state index contributed by atoms with van der Waals surface area (Å²) in [7, 11) is 0. The molecule has 0 fully saturated rings. The molecule has 0 amide bonds. The van der Waals surface area contributed by atoms with Gasteiger partial charge in [0.2, 0.25) is 0 Å². The molecule has 118 valence electrons. The fraction of sp³-hybridized carbons (Fsp3) is 0.333. The van der Waals surface area contributed by atoms with E-state index in [4.69, 9.17) is 0 Å². The van der Waals surface area contributed by atoms with Crippen LogP contribution in [0.2, 0.25) is 0 Å². The number of hydrogen-bond acceptors (Lipinski definition) is 4. The molecular formula is C18H24N2O2. The van der Waals surface area contributed by atoms with Gasteiger partial charge in [-0.05, 0) is 55.7 Å². The van der Waals surface area contributed by atoms with Crippen molar-refractivity contribution >= 4 is 17.1 Å². The third-order valence-corrected chi connectivity index (χ3v) is 3.38. The number of rotatable bonds is 6. The quantitative estimate of drug-likeness (QED) is 0.462. The summed E-state index contributed by atoms with van der Waals surface area (Å²) in [5.74, 6) is 1.06. The molecule has 0 aliphatic heterocycles. The maximum atomic E-state index is 10.2. The van der Waals surface area contributed by atoms with E-state index >= 15 is 0 Å². The van der Waals surface area contributed by atoms with Gasteiger partial charge in [0.15, 0.2) is 0 Å². The topological polar surface area (TPSA) is 64.5 Å². The Labute approximate surface area is 131 Å². The second kappa shape index (κ2) is 7.07. The number of phenolic OH excluding ortho intramolecular Hbond substituents is 2. The summed E-state index contributed by atoms with van der Waals surface area (Å²) in [6.45, 7) is 6.48. The van der Waals surface area contributed by atoms with Gasteiger partial charge in [-0.15, -0.1) is 0 Å². The molecule has 0 aliphatic carbocycles. The Hall–Kier alpha value is -2.36. The predicted octanol–water partition coefficient (Wildman–Crippen LogP) is 4.69. The van der Waals surface area contributed by atoms with Crippen LogP contribution in [-0.4, -0.2) is 16.3 Å². The fourth-order valence-corrected chi connectivity index (χ4v) is 2.47. The lowest BCUT2D eigenvalue weighted by Gasteiger charge is -2.18. The standard InChI is InChI=1S/C18H24N2O2/c1-12(2)10-13(3)19-17-9-6-15(11-18(17)22)20-14-4-7-16(21)8-5-14/h4-9,11-13,19-22H,10H2,1-3H3. The lowest BCUT2D eigenvalue weighted by Crippen LogP contribution is -2.17. The molecule has 4 heteroatoms. The van der Waals surface area contributed by atoms with Crippen molar-refractivity contribution in [3.05, 3.63) is 42.5 Å². The van der Waals surface area contributed by atoms with Crippen LogP contribution in [0.15, 0.2) is 42.5 Å². The number of phenols is 2. The van der Waals surface area contributed by atoms with Gasteiger partial charge in [-0.25, -0.2) is 0 Å². The van der Waals surface area contributed by atoms with Crippen molar-refractivity contribution in [3.63, 3.8) is 0 Å². The Morgan fingerprint density at radius 3 is 2.14 bits per heavy atom. The number of nitrogens with one attached hydrogen (secondary N) is 2. The van der Waals surface area contributed by atoms with Crippen LogP contribution in [0.1, 0.15) is 27.2 Å². The van der Waals surface area contributed by atoms with Crippen LogP contribution in [0.5, 0.6) is 11.5 Å². The van der Waals surface area contributed by atoms with Crippen LogP contribution < -0.4 is 10.6 Å². The molecule has 1 atom stereocenters. The first-order chi connectivity index (χ1) is 10.4. The molecule has 0 radical (unpaired) electrons. The van der Waals surface area contributed by atoms with Crippen molar-refractivity contribution < 1.29 is 10.2 Å². The van der Waals surface area contributed by atoms with Crippen molar-refractivity contribution in [1.29, 1.82) is 0 Å². The van der Waals surface area contributed by atoms with Crippen molar-refractivity contribution in [2.75, 3.05) is 10.6 Å². The average Bonchev–Trinajstić information content (AvgIpc) is 2.43. The second-order valence-corrected chi connectivity index (χ2v) is 6.08. The molecule has 2 aromatic carbocycles. The van der Waals surface area contributed by atoms with E-state index in [0.29, 0.717) is 12.0 Å². The van der Waals surface area contributed by atoms with Gasteiger partial charge in [-0.1, -0.05) is 13.8 Å². The molecule has 0 spiro atoms. The van der Waals surface area contributed by atoms with Gasteiger partial charge in [0, 0.05) is 23.5 Å². The van der Waals surface area contributed by atoms with Crippen LogP contribution >= 0.6 is 0 Å². The van der Waals surface area contributed by atoms with Gasteiger partial charge in [0.1, 0.15) is 11.5 Å². The first-order valence-electron chi connectivity index (χ1n) is 7.59. The lowest BCUT2D eigenvalue weighted by atomic mass is 10.0. The van der Waals surface area contributed by atoms with E-state index in [-0.39, 0.29) is 11.5 Å². The predicted molar refractivity (Wildman–Crippen MR) is 92.0 cm³/mol. The highest BCUT2D eigenvalue weighted by Gasteiger charge is 2.08. The van der Waals surface area contributed by atoms with E-state index in [1.54, 1.807) is 30.3 Å². The second-order valence-electron chi connectivity index (χ2n) is 6.08. The van der Waals surface area contributed by atoms with E-state index in [2.05, 4.69) is 31.4 Å². The van der Waals surface area contributed by atoms with E-state index in [9.17, 15) is 10.2 Å². The fourth-order valence-electron chi connectivity index (χ4n) is 2.47. The SMILES string of the molecule is CC(C)CC(C)Nc1ccc(Nc2ccc(O)cc2)cc1O. The number of anilines is 3. The Bertz CT molecular complexity index is 609. The zero-order valence-corrected chi connectivity index (χ0v) is 13.3. The molecule has 0 aliphatic rings. The molecule has 0 bridgehead atoms. The van der Waals surface area contributed by atoms with Gasteiger partial charge in [-0.2, -0.15) is 0 Å². The summed E-state index contributed by atoms with van der Waals surface area (Å²) in [5, 5.41) is 25.9. The van der Waals surface area contributed by atoms with E-state index < -0.39 is 0 Å². The summed E-state index contributed by atoms with van der Waals surface area (Å²) in [5.41, 5.74) is 2.39. The summed E-state index contributed by atoms with van der Waals surface area (Å²) in [6.07, 6.45) is 1.05. The monoisotopic (exact) mass is 300 g/mol. The average molecular weight is 300 g/mol. The molecule has 0 aromatic heterocycles. The van der Waals surface area contributed by atoms with Gasteiger partial charge >= 0.3 is 0 Å². The summed E-state index contributed by atoms with van der Waals surface area (Å²) >= 11 is 0. The summed E-state index contributed by atoms with van der Waals surface area (Å²) in [6, 6.07) is 12.6. The minimum atomic E-state index is 0.222. The van der Waals surface area contributed by atoms with Gasteiger partial charge in [-0.3, -0.25) is 0 Å². The van der Waals surface area contributed by atoms with Crippen LogP contribution in [0.4, 0.5) is 17.1 Å². The van der Waals surface area contributed by atoms with E-state index in [1.807, 2.05) is 12.1 Å². The van der Waals surface area contributed by atoms with Gasteiger partial charge < -0.3 is 20.8 Å². The molecule has 2 aromatic rings. The van der Waals surface area contributed by atoms with Gasteiger partial charge in [0.25, 0.3) is 0 Å². The van der Waals surface area contributed by atoms with Crippen molar-refractivity contribution in [1.82, 2.24) is 0 Å². The molecule has 22 heavy (non-hydrogen) atoms. The molecule has 0 heterocycles. The molecule has 4 N–H and O–H groups in total. The van der Waals surface area contributed by atoms with Crippen LogP contribution in [0, 0.1) is 5.92 Å². The normalized spacial score (nSPS) is 12.2. The maximum absolute atomic E-state index is 10.2. The van der Waals surface area contributed by atoms with Crippen LogP contribution in [0.3, 0.4) is 0 Å². The zero-order chi connectivity index (χ0) is 16.1. The number of aromatic hydroxyl groups is 2. The van der Waals surface area contributed by atoms with E-state index in [0.717, 1.165) is 23.5 Å². The Morgan fingerprint density at radius 2 is 1.55 bits per heavy atom. The lowest BCUT2D eigenvalue weighted by molar-refractivity contribution is 0.474.